The molecule has 0 saturated heterocycles. The lowest BCUT2D eigenvalue weighted by Gasteiger charge is -2.09. The van der Waals surface area contributed by atoms with Crippen molar-refractivity contribution in [3.63, 3.8) is 0 Å². The minimum Gasteiger partial charge on any atom is -0.422 e. The van der Waals surface area contributed by atoms with Crippen LogP contribution in [0.25, 0.3) is 6.08 Å². The second-order valence-corrected chi connectivity index (χ2v) is 7.14. The van der Waals surface area contributed by atoms with E-state index in [4.69, 9.17) is 4.74 Å². The van der Waals surface area contributed by atoms with Crippen LogP contribution < -0.4 is 4.74 Å². The van der Waals surface area contributed by atoms with E-state index in [0.717, 1.165) is 4.88 Å². The average Bonchev–Trinajstić information content (AvgIpc) is 3.15. The number of thiophene rings is 1. The molecule has 0 N–H and O–H groups in total. The third-order valence-corrected chi connectivity index (χ3v) is 4.76. The number of carbonyl (C=O) groups is 2. The van der Waals surface area contributed by atoms with Crippen LogP contribution in [0, 0.1) is 5.82 Å². The molecule has 0 spiro atoms. The van der Waals surface area contributed by atoms with E-state index in [-0.39, 0.29) is 22.7 Å². The summed E-state index contributed by atoms with van der Waals surface area (Å²) < 4.78 is 19.0. The molecule has 0 bridgehead atoms. The molecule has 0 aliphatic carbocycles. The Morgan fingerprint density at radius 1 is 1.08 bits per heavy atom. The first-order chi connectivity index (χ1) is 12.5. The molecule has 3 aromatic rings. The molecule has 2 aromatic carbocycles. The summed E-state index contributed by atoms with van der Waals surface area (Å²) in [4.78, 5) is 25.7. The Balaban J connectivity index is 1.84. The highest BCUT2D eigenvalue weighted by molar-refractivity contribution is 9.10. The van der Waals surface area contributed by atoms with Crippen LogP contribution in [0.1, 0.15) is 25.6 Å². The van der Waals surface area contributed by atoms with Gasteiger partial charge in [0.25, 0.3) is 0 Å². The summed E-state index contributed by atoms with van der Waals surface area (Å²) in [7, 11) is 0. The highest BCUT2D eigenvalue weighted by Crippen LogP contribution is 2.25. The first kappa shape index (κ1) is 18.2. The van der Waals surface area contributed by atoms with Crippen molar-refractivity contribution in [2.24, 2.45) is 0 Å². The Labute approximate surface area is 161 Å². The average molecular weight is 431 g/mol. The van der Waals surface area contributed by atoms with Crippen molar-refractivity contribution in [2.45, 2.75) is 0 Å². The maximum atomic E-state index is 13.0. The van der Waals surface area contributed by atoms with Crippen LogP contribution in [0.4, 0.5) is 4.39 Å². The molecule has 0 radical (unpaired) electrons. The Morgan fingerprint density at radius 2 is 1.85 bits per heavy atom. The van der Waals surface area contributed by atoms with Crippen LogP contribution in [0.15, 0.2) is 70.5 Å². The number of hydrogen-bond donors (Lipinski definition) is 0. The van der Waals surface area contributed by atoms with Crippen LogP contribution in [0.2, 0.25) is 0 Å². The topological polar surface area (TPSA) is 43.4 Å². The fraction of sp³-hybridized carbons (Fsp3) is 0. The van der Waals surface area contributed by atoms with Gasteiger partial charge in [-0.15, -0.1) is 11.3 Å². The van der Waals surface area contributed by atoms with Gasteiger partial charge in [0.05, 0.1) is 11.1 Å². The third kappa shape index (κ3) is 4.53. The Morgan fingerprint density at radius 3 is 2.54 bits per heavy atom. The number of benzene rings is 2. The van der Waals surface area contributed by atoms with Gasteiger partial charge in [0.2, 0.25) is 0 Å². The van der Waals surface area contributed by atoms with Gasteiger partial charge in [-0.2, -0.15) is 0 Å². The number of esters is 1. The summed E-state index contributed by atoms with van der Waals surface area (Å²) in [6.07, 6.45) is 3.14. The predicted octanol–water partition coefficient (Wildman–Crippen LogP) is 5.77. The number of ether oxygens (including phenoxy) is 1. The largest absolute Gasteiger partial charge is 0.422 e. The summed E-state index contributed by atoms with van der Waals surface area (Å²) in [5.74, 6) is -1.26. The first-order valence-electron chi connectivity index (χ1n) is 7.56. The van der Waals surface area contributed by atoms with Crippen molar-refractivity contribution < 1.29 is 18.7 Å². The summed E-state index contributed by atoms with van der Waals surface area (Å²) in [6, 6.07) is 13.6. The standard InChI is InChI=1S/C20H12BrFO3S/c21-14-5-10-19(25-20(24)13-3-6-15(22)7-4-13)17(12-14)18(23)9-8-16-2-1-11-26-16/h1-12H/b9-8+. The van der Waals surface area contributed by atoms with E-state index in [2.05, 4.69) is 15.9 Å². The van der Waals surface area contributed by atoms with E-state index in [9.17, 15) is 14.0 Å². The SMILES string of the molecule is O=C(Oc1ccc(Br)cc1C(=O)/C=C/c1cccs1)c1ccc(F)cc1. The zero-order valence-corrected chi connectivity index (χ0v) is 15.7. The predicted molar refractivity (Wildman–Crippen MR) is 103 cm³/mol. The summed E-state index contributed by atoms with van der Waals surface area (Å²) in [5, 5.41) is 1.92. The number of rotatable bonds is 5. The number of ketones is 1. The zero-order chi connectivity index (χ0) is 18.5. The van der Waals surface area contributed by atoms with E-state index < -0.39 is 11.8 Å². The second kappa shape index (κ2) is 8.21. The molecule has 0 unspecified atom stereocenters. The molecule has 3 rings (SSSR count). The normalized spacial score (nSPS) is 10.8. The molecular formula is C20H12BrFO3S. The van der Waals surface area contributed by atoms with E-state index >= 15 is 0 Å². The van der Waals surface area contributed by atoms with Crippen molar-refractivity contribution >= 4 is 45.1 Å². The number of hydrogen-bond acceptors (Lipinski definition) is 4. The number of halogens is 2. The zero-order valence-electron chi connectivity index (χ0n) is 13.3. The fourth-order valence-electron chi connectivity index (χ4n) is 2.16. The molecule has 6 heteroatoms. The minimum atomic E-state index is -0.663. The third-order valence-electron chi connectivity index (χ3n) is 3.43. The number of carbonyl (C=O) groups excluding carboxylic acids is 2. The molecule has 0 saturated carbocycles. The Kier molecular flexibility index (Phi) is 5.75. The van der Waals surface area contributed by atoms with Gasteiger partial charge in [-0.1, -0.05) is 22.0 Å². The Hall–Kier alpha value is -2.57. The van der Waals surface area contributed by atoms with Gasteiger partial charge in [-0.25, -0.2) is 9.18 Å². The van der Waals surface area contributed by atoms with Crippen LogP contribution >= 0.6 is 27.3 Å². The van der Waals surface area contributed by atoms with Crippen molar-refractivity contribution in [2.75, 3.05) is 0 Å². The van der Waals surface area contributed by atoms with Gasteiger partial charge in [0, 0.05) is 9.35 Å². The summed E-state index contributed by atoms with van der Waals surface area (Å²) >= 11 is 4.83. The van der Waals surface area contributed by atoms with Gasteiger partial charge in [0.15, 0.2) is 5.78 Å². The maximum Gasteiger partial charge on any atom is 0.343 e. The molecule has 130 valence electrons. The molecule has 0 aliphatic rings. The van der Waals surface area contributed by atoms with E-state index in [1.54, 1.807) is 18.2 Å². The van der Waals surface area contributed by atoms with Gasteiger partial charge in [-0.05, 0) is 66.1 Å². The molecule has 1 heterocycles. The van der Waals surface area contributed by atoms with Crippen molar-refractivity contribution in [3.05, 3.63) is 92.3 Å². The first-order valence-corrected chi connectivity index (χ1v) is 9.23. The molecule has 0 amide bonds. The van der Waals surface area contributed by atoms with Gasteiger partial charge < -0.3 is 4.74 Å². The molecule has 0 aliphatic heterocycles. The molecule has 3 nitrogen and oxygen atoms in total. The molecule has 1 aromatic heterocycles. The minimum absolute atomic E-state index is 0.142. The van der Waals surface area contributed by atoms with Gasteiger partial charge in [0.1, 0.15) is 11.6 Å². The highest BCUT2D eigenvalue weighted by atomic mass is 79.9. The van der Waals surface area contributed by atoms with Crippen LogP contribution in [0.3, 0.4) is 0 Å². The van der Waals surface area contributed by atoms with Crippen LogP contribution in [-0.2, 0) is 0 Å². The van der Waals surface area contributed by atoms with E-state index in [1.807, 2.05) is 17.5 Å². The van der Waals surface area contributed by atoms with Crippen LogP contribution in [0.5, 0.6) is 5.75 Å². The molecular weight excluding hydrogens is 419 g/mol. The van der Waals surface area contributed by atoms with E-state index in [1.165, 1.54) is 47.7 Å². The fourth-order valence-corrected chi connectivity index (χ4v) is 3.14. The lowest BCUT2D eigenvalue weighted by Crippen LogP contribution is -2.11. The van der Waals surface area contributed by atoms with Gasteiger partial charge in [-0.3, -0.25) is 4.79 Å². The summed E-state index contributed by atoms with van der Waals surface area (Å²) in [5.41, 5.74) is 0.449. The molecule has 26 heavy (non-hydrogen) atoms. The lowest BCUT2D eigenvalue weighted by molar-refractivity contribution is 0.0733. The van der Waals surface area contributed by atoms with Crippen molar-refractivity contribution in [1.82, 2.24) is 0 Å². The molecule has 0 fully saturated rings. The van der Waals surface area contributed by atoms with Crippen molar-refractivity contribution in [3.8, 4) is 5.75 Å². The van der Waals surface area contributed by atoms with E-state index in [0.29, 0.717) is 4.47 Å². The Bertz CT molecular complexity index is 963. The van der Waals surface area contributed by atoms with Crippen LogP contribution in [-0.4, -0.2) is 11.8 Å². The van der Waals surface area contributed by atoms with Gasteiger partial charge >= 0.3 is 5.97 Å². The number of allylic oxidation sites excluding steroid dienone is 1. The quantitative estimate of drug-likeness (QED) is 0.223. The smallest absolute Gasteiger partial charge is 0.343 e. The van der Waals surface area contributed by atoms with Crippen molar-refractivity contribution in [1.29, 1.82) is 0 Å². The summed E-state index contributed by atoms with van der Waals surface area (Å²) in [6.45, 7) is 0. The highest BCUT2D eigenvalue weighted by Gasteiger charge is 2.16. The second-order valence-electron chi connectivity index (χ2n) is 5.25. The lowest BCUT2D eigenvalue weighted by atomic mass is 10.1. The maximum absolute atomic E-state index is 13.0. The molecule has 0 atom stereocenters. The monoisotopic (exact) mass is 430 g/mol.